The Bertz CT molecular complexity index is 1060. The molecule has 0 atom stereocenters. The van der Waals surface area contributed by atoms with E-state index in [1.807, 2.05) is 12.1 Å². The number of aliphatic hydroxyl groups is 1. The molecule has 1 fully saturated rings. The van der Waals surface area contributed by atoms with Gasteiger partial charge in [-0.25, -0.2) is 8.78 Å². The number of rotatable bonds is 10. The van der Waals surface area contributed by atoms with Crippen LogP contribution in [-0.2, 0) is 12.0 Å². The molecule has 36 heavy (non-hydrogen) atoms. The molecular formula is C30H35F2NO3. The first kappa shape index (κ1) is 26.1. The lowest BCUT2D eigenvalue weighted by Crippen LogP contribution is -2.44. The Kier molecular flexibility index (Phi) is 8.60. The molecule has 0 spiro atoms. The Morgan fingerprint density at radius 1 is 0.889 bits per heavy atom. The minimum atomic E-state index is -1.31. The van der Waals surface area contributed by atoms with Crippen molar-refractivity contribution in [1.82, 2.24) is 4.90 Å². The molecule has 1 heterocycles. The summed E-state index contributed by atoms with van der Waals surface area (Å²) in [5.74, 6) is 0.753. The van der Waals surface area contributed by atoms with Crippen LogP contribution in [0.5, 0.6) is 11.5 Å². The molecule has 192 valence electrons. The highest BCUT2D eigenvalue weighted by Gasteiger charge is 2.41. The van der Waals surface area contributed by atoms with Crippen molar-refractivity contribution in [2.24, 2.45) is 5.92 Å². The van der Waals surface area contributed by atoms with Gasteiger partial charge in [0.05, 0.1) is 13.7 Å². The first-order valence-corrected chi connectivity index (χ1v) is 12.7. The third-order valence-corrected chi connectivity index (χ3v) is 7.26. The van der Waals surface area contributed by atoms with E-state index in [1.165, 1.54) is 29.8 Å². The summed E-state index contributed by atoms with van der Waals surface area (Å²) in [4.78, 5) is 2.38. The zero-order chi connectivity index (χ0) is 25.5. The fraction of sp³-hybridized carbons (Fsp3) is 0.400. The monoisotopic (exact) mass is 495 g/mol. The Hall–Kier alpha value is -2.96. The molecule has 0 aliphatic carbocycles. The lowest BCUT2D eigenvalue weighted by atomic mass is 9.72. The number of methoxy groups -OCH3 is 1. The number of benzene rings is 3. The van der Waals surface area contributed by atoms with Gasteiger partial charge in [-0.3, -0.25) is 0 Å². The van der Waals surface area contributed by atoms with Gasteiger partial charge in [0.15, 0.2) is 11.5 Å². The fourth-order valence-corrected chi connectivity index (χ4v) is 5.14. The molecule has 0 aromatic heterocycles. The first-order chi connectivity index (χ1) is 17.4. The Balaban J connectivity index is 1.35. The van der Waals surface area contributed by atoms with Crippen LogP contribution in [0.2, 0.25) is 0 Å². The maximum Gasteiger partial charge on any atom is 0.161 e. The third-order valence-electron chi connectivity index (χ3n) is 7.26. The van der Waals surface area contributed by atoms with Crippen LogP contribution in [0.25, 0.3) is 0 Å². The predicted molar refractivity (Wildman–Crippen MR) is 137 cm³/mol. The fourth-order valence-electron chi connectivity index (χ4n) is 5.14. The van der Waals surface area contributed by atoms with E-state index >= 15 is 0 Å². The lowest BCUT2D eigenvalue weighted by molar-refractivity contribution is -0.0147. The number of hydrogen-bond donors (Lipinski definition) is 1. The van der Waals surface area contributed by atoms with E-state index in [1.54, 1.807) is 31.4 Å². The van der Waals surface area contributed by atoms with Gasteiger partial charge in [-0.1, -0.05) is 37.3 Å². The quantitative estimate of drug-likeness (QED) is 0.353. The van der Waals surface area contributed by atoms with Gasteiger partial charge in [-0.15, -0.1) is 0 Å². The van der Waals surface area contributed by atoms with Gasteiger partial charge in [0.25, 0.3) is 0 Å². The van der Waals surface area contributed by atoms with Crippen molar-refractivity contribution in [3.05, 3.63) is 95.1 Å². The predicted octanol–water partition coefficient (Wildman–Crippen LogP) is 5.95. The van der Waals surface area contributed by atoms with Crippen molar-refractivity contribution in [1.29, 1.82) is 0 Å². The summed E-state index contributed by atoms with van der Waals surface area (Å²) < 4.78 is 38.6. The summed E-state index contributed by atoms with van der Waals surface area (Å²) in [6, 6.07) is 18.0. The van der Waals surface area contributed by atoms with Crippen molar-refractivity contribution in [2.45, 2.75) is 38.2 Å². The molecule has 4 nitrogen and oxygen atoms in total. The number of halogens is 2. The van der Waals surface area contributed by atoms with Crippen LogP contribution in [0.3, 0.4) is 0 Å². The van der Waals surface area contributed by atoms with Crippen molar-refractivity contribution >= 4 is 0 Å². The largest absolute Gasteiger partial charge is 0.493 e. The Labute approximate surface area is 212 Å². The van der Waals surface area contributed by atoms with Gasteiger partial charge in [0.1, 0.15) is 17.2 Å². The van der Waals surface area contributed by atoms with Crippen LogP contribution in [0.1, 0.15) is 42.9 Å². The van der Waals surface area contributed by atoms with Crippen LogP contribution in [0.4, 0.5) is 8.78 Å². The number of likely N-dealkylation sites (tertiary alicyclic amines) is 1. The maximum atomic E-state index is 13.6. The molecule has 3 aromatic carbocycles. The van der Waals surface area contributed by atoms with Crippen LogP contribution < -0.4 is 9.47 Å². The summed E-state index contributed by atoms with van der Waals surface area (Å²) in [5.41, 5.74) is 1.16. The van der Waals surface area contributed by atoms with E-state index in [0.717, 1.165) is 56.8 Å². The molecule has 1 N–H and O–H groups in total. The summed E-state index contributed by atoms with van der Waals surface area (Å²) in [5, 5.41) is 12.0. The number of aryl methyl sites for hydroxylation is 1. The number of ether oxygens (including phenoxy) is 2. The number of hydrogen-bond acceptors (Lipinski definition) is 4. The summed E-state index contributed by atoms with van der Waals surface area (Å²) >= 11 is 0. The van der Waals surface area contributed by atoms with Crippen molar-refractivity contribution in [3.8, 4) is 11.5 Å². The average molecular weight is 496 g/mol. The van der Waals surface area contributed by atoms with Gasteiger partial charge in [0.2, 0.25) is 0 Å². The van der Waals surface area contributed by atoms with Crippen LogP contribution in [0.15, 0.2) is 66.7 Å². The van der Waals surface area contributed by atoms with Crippen molar-refractivity contribution < 1.29 is 23.4 Å². The van der Waals surface area contributed by atoms with E-state index in [9.17, 15) is 13.9 Å². The van der Waals surface area contributed by atoms with E-state index in [-0.39, 0.29) is 17.6 Å². The molecule has 0 saturated carbocycles. The first-order valence-electron chi connectivity index (χ1n) is 12.7. The van der Waals surface area contributed by atoms with Crippen molar-refractivity contribution in [3.63, 3.8) is 0 Å². The highest BCUT2D eigenvalue weighted by molar-refractivity contribution is 5.43. The lowest BCUT2D eigenvalue weighted by Gasteiger charge is -2.42. The normalized spacial score (nSPS) is 15.1. The number of piperidine rings is 1. The van der Waals surface area contributed by atoms with E-state index in [2.05, 4.69) is 17.9 Å². The zero-order valence-corrected chi connectivity index (χ0v) is 21.1. The molecule has 4 rings (SSSR count). The molecule has 3 aromatic rings. The van der Waals surface area contributed by atoms with Crippen molar-refractivity contribution in [2.75, 3.05) is 33.4 Å². The smallest absolute Gasteiger partial charge is 0.161 e. The Morgan fingerprint density at radius 3 is 2.00 bits per heavy atom. The van der Waals surface area contributed by atoms with Gasteiger partial charge in [-0.2, -0.15) is 0 Å². The Morgan fingerprint density at radius 2 is 1.47 bits per heavy atom. The molecule has 0 bridgehead atoms. The SMILES string of the molecule is CCc1ccc(OCCCN2CCC(C(O)(c3ccc(F)cc3)c3ccc(F)cc3)CC2)c(OC)c1. The topological polar surface area (TPSA) is 41.9 Å². The molecule has 0 radical (unpaired) electrons. The second kappa shape index (κ2) is 11.8. The second-order valence-corrected chi connectivity index (χ2v) is 9.44. The summed E-state index contributed by atoms with van der Waals surface area (Å²) in [6.45, 7) is 5.27. The molecule has 1 aliphatic rings. The standard InChI is InChI=1S/C30H35F2NO3/c1-3-22-5-14-28(29(21-22)35-2)36-20-4-17-33-18-15-25(16-19-33)30(34,23-6-10-26(31)11-7-23)24-8-12-27(32)13-9-24/h5-14,21,25,34H,3-4,15-20H2,1-2H3. The average Bonchev–Trinajstić information content (AvgIpc) is 2.91. The summed E-state index contributed by atoms with van der Waals surface area (Å²) in [6.07, 6.45) is 3.38. The molecule has 1 saturated heterocycles. The van der Waals surface area contributed by atoms with Gasteiger partial charge in [0, 0.05) is 6.54 Å². The number of nitrogens with zero attached hydrogens (tertiary/aromatic N) is 1. The highest BCUT2D eigenvalue weighted by atomic mass is 19.1. The van der Waals surface area contributed by atoms with E-state index in [4.69, 9.17) is 9.47 Å². The molecule has 0 unspecified atom stereocenters. The maximum absolute atomic E-state index is 13.6. The van der Waals surface area contributed by atoms with Crippen LogP contribution in [-0.4, -0.2) is 43.4 Å². The third kappa shape index (κ3) is 5.88. The molecular weight excluding hydrogens is 460 g/mol. The van der Waals surface area contributed by atoms with Crippen LogP contribution in [0, 0.1) is 17.6 Å². The van der Waals surface area contributed by atoms with Gasteiger partial charge in [-0.05, 0) is 97.8 Å². The highest BCUT2D eigenvalue weighted by Crippen LogP contribution is 2.42. The van der Waals surface area contributed by atoms with E-state index < -0.39 is 5.60 Å². The molecule has 1 aliphatic heterocycles. The minimum Gasteiger partial charge on any atom is -0.493 e. The molecule has 0 amide bonds. The summed E-state index contributed by atoms with van der Waals surface area (Å²) in [7, 11) is 1.66. The van der Waals surface area contributed by atoms with Gasteiger partial charge < -0.3 is 19.5 Å². The van der Waals surface area contributed by atoms with E-state index in [0.29, 0.717) is 17.7 Å². The second-order valence-electron chi connectivity index (χ2n) is 9.44. The minimum absolute atomic E-state index is 0.0673. The van der Waals surface area contributed by atoms with Crippen LogP contribution >= 0.6 is 0 Å². The molecule has 6 heteroatoms. The zero-order valence-electron chi connectivity index (χ0n) is 21.1. The van der Waals surface area contributed by atoms with Gasteiger partial charge >= 0.3 is 0 Å².